The summed E-state index contributed by atoms with van der Waals surface area (Å²) in [6.07, 6.45) is 19.6. The molecule has 0 spiro atoms. The lowest BCUT2D eigenvalue weighted by Crippen LogP contribution is -2.45. The van der Waals surface area contributed by atoms with Crippen LogP contribution in [0.15, 0.2) is 73.6 Å². The van der Waals surface area contributed by atoms with E-state index in [1.807, 2.05) is 49.1 Å². The quantitative estimate of drug-likeness (QED) is 0.338. The van der Waals surface area contributed by atoms with E-state index in [1.165, 1.54) is 16.7 Å². The van der Waals surface area contributed by atoms with E-state index in [2.05, 4.69) is 32.0 Å². The minimum Gasteiger partial charge on any atom is -0.461 e. The van der Waals surface area contributed by atoms with Crippen molar-refractivity contribution in [3.05, 3.63) is 90.3 Å². The van der Waals surface area contributed by atoms with Crippen molar-refractivity contribution in [1.82, 2.24) is 19.9 Å². The largest absolute Gasteiger partial charge is 0.461 e. The molecule has 35 heavy (non-hydrogen) atoms. The van der Waals surface area contributed by atoms with E-state index in [4.69, 9.17) is 4.74 Å². The maximum atomic E-state index is 13.4. The predicted molar refractivity (Wildman–Crippen MR) is 137 cm³/mol. The molecule has 1 aliphatic heterocycles. The molecule has 0 N–H and O–H groups in total. The highest BCUT2D eigenvalue weighted by Crippen LogP contribution is 2.23. The van der Waals surface area contributed by atoms with Gasteiger partial charge in [-0.3, -0.25) is 24.6 Å². The van der Waals surface area contributed by atoms with Gasteiger partial charge in [-0.15, -0.1) is 0 Å². The molecule has 0 aromatic carbocycles. The first kappa shape index (κ1) is 25.0. The van der Waals surface area contributed by atoms with Crippen LogP contribution in [0, 0.1) is 0 Å². The molecule has 1 fully saturated rings. The highest BCUT2D eigenvalue weighted by Gasteiger charge is 2.31. The van der Waals surface area contributed by atoms with Crippen LogP contribution in [0.5, 0.6) is 0 Å². The second-order valence-corrected chi connectivity index (χ2v) is 9.40. The minimum absolute atomic E-state index is 0.0634. The number of aryl methyl sites for hydroxylation is 2. The van der Waals surface area contributed by atoms with Gasteiger partial charge in [0.15, 0.2) is 0 Å². The number of piperidine rings is 1. The van der Waals surface area contributed by atoms with Gasteiger partial charge >= 0.3 is 5.97 Å². The molecule has 3 aromatic heterocycles. The fraction of sp³-hybridized carbons (Fsp3) is 0.448. The Kier molecular flexibility index (Phi) is 9.77. The molecule has 184 valence electrons. The van der Waals surface area contributed by atoms with Gasteiger partial charge in [0.05, 0.1) is 0 Å². The van der Waals surface area contributed by atoms with Crippen molar-refractivity contribution in [3.8, 4) is 0 Å². The molecule has 6 nitrogen and oxygen atoms in total. The minimum atomic E-state index is -0.170. The van der Waals surface area contributed by atoms with Crippen LogP contribution in [0.2, 0.25) is 0 Å². The SMILES string of the molecule is O=C(OC(CCCc1cccnc1)CCCc1cccnc1)C1CCCCN1Cc1ccncc1. The van der Waals surface area contributed by atoms with E-state index in [9.17, 15) is 4.79 Å². The number of esters is 1. The summed E-state index contributed by atoms with van der Waals surface area (Å²) in [6, 6.07) is 12.0. The third-order valence-electron chi connectivity index (χ3n) is 6.73. The second-order valence-electron chi connectivity index (χ2n) is 9.40. The van der Waals surface area contributed by atoms with Crippen molar-refractivity contribution < 1.29 is 9.53 Å². The van der Waals surface area contributed by atoms with Crippen molar-refractivity contribution in [2.75, 3.05) is 6.54 Å². The maximum absolute atomic E-state index is 13.4. The first-order chi connectivity index (χ1) is 17.3. The van der Waals surface area contributed by atoms with Crippen LogP contribution in [-0.4, -0.2) is 44.5 Å². The molecule has 4 rings (SSSR count). The number of likely N-dealkylation sites (tertiary alicyclic amines) is 1. The van der Waals surface area contributed by atoms with Gasteiger partial charge in [-0.25, -0.2) is 0 Å². The molecule has 1 unspecified atom stereocenters. The summed E-state index contributed by atoms with van der Waals surface area (Å²) in [5.41, 5.74) is 3.64. The standard InChI is InChI=1S/C29H36N4O2/c34-29(28-13-1-2-20-33(28)23-26-14-18-30-19-15-26)35-27(11-3-7-24-9-5-16-31-21-24)12-4-8-25-10-6-17-32-22-25/h5-6,9-10,14-19,21-22,27-28H,1-4,7-8,11-13,20,23H2. The van der Waals surface area contributed by atoms with Crippen LogP contribution in [0.4, 0.5) is 0 Å². The molecule has 0 bridgehead atoms. The number of pyridine rings is 3. The Bertz CT molecular complexity index is 955. The lowest BCUT2D eigenvalue weighted by atomic mass is 10.00. The Hall–Kier alpha value is -3.12. The van der Waals surface area contributed by atoms with E-state index in [1.54, 1.807) is 12.4 Å². The molecular formula is C29H36N4O2. The third kappa shape index (κ3) is 8.25. The Labute approximate surface area is 208 Å². The summed E-state index contributed by atoms with van der Waals surface area (Å²) in [4.78, 5) is 28.2. The smallest absolute Gasteiger partial charge is 0.323 e. The maximum Gasteiger partial charge on any atom is 0.323 e. The number of aromatic nitrogens is 3. The molecule has 0 saturated carbocycles. The zero-order chi connectivity index (χ0) is 24.1. The predicted octanol–water partition coefficient (Wildman–Crippen LogP) is 5.18. The first-order valence-corrected chi connectivity index (χ1v) is 12.9. The Balaban J connectivity index is 1.35. The average Bonchev–Trinajstić information content (AvgIpc) is 2.91. The van der Waals surface area contributed by atoms with Gasteiger partial charge in [0, 0.05) is 43.7 Å². The van der Waals surface area contributed by atoms with Crippen molar-refractivity contribution in [2.24, 2.45) is 0 Å². The molecule has 1 atom stereocenters. The number of hydrogen-bond acceptors (Lipinski definition) is 6. The molecule has 0 aliphatic carbocycles. The Morgan fingerprint density at radius 2 is 1.51 bits per heavy atom. The van der Waals surface area contributed by atoms with Gasteiger partial charge in [0.1, 0.15) is 12.1 Å². The second kappa shape index (κ2) is 13.7. The number of carbonyl (C=O) groups is 1. The summed E-state index contributed by atoms with van der Waals surface area (Å²) >= 11 is 0. The van der Waals surface area contributed by atoms with Crippen LogP contribution in [0.1, 0.15) is 61.6 Å². The van der Waals surface area contributed by atoms with Crippen molar-refractivity contribution in [1.29, 1.82) is 0 Å². The third-order valence-corrected chi connectivity index (χ3v) is 6.73. The fourth-order valence-corrected chi connectivity index (χ4v) is 4.83. The number of carbonyl (C=O) groups excluding carboxylic acids is 1. The van der Waals surface area contributed by atoms with Gasteiger partial charge in [-0.05, 0) is 98.9 Å². The number of ether oxygens (including phenoxy) is 1. The topological polar surface area (TPSA) is 68.2 Å². The van der Waals surface area contributed by atoms with E-state index in [-0.39, 0.29) is 18.1 Å². The summed E-state index contributed by atoms with van der Waals surface area (Å²) in [5, 5.41) is 0. The number of rotatable bonds is 12. The van der Waals surface area contributed by atoms with E-state index >= 15 is 0 Å². The normalized spacial score (nSPS) is 16.3. The molecule has 1 aliphatic rings. The molecule has 0 radical (unpaired) electrons. The Morgan fingerprint density at radius 3 is 2.11 bits per heavy atom. The van der Waals surface area contributed by atoms with E-state index in [0.29, 0.717) is 0 Å². The van der Waals surface area contributed by atoms with Crippen LogP contribution < -0.4 is 0 Å². The Morgan fingerprint density at radius 1 is 0.857 bits per heavy atom. The molecule has 0 amide bonds. The van der Waals surface area contributed by atoms with Gasteiger partial charge in [-0.1, -0.05) is 18.6 Å². The van der Waals surface area contributed by atoms with Crippen molar-refractivity contribution in [2.45, 2.75) is 76.5 Å². The van der Waals surface area contributed by atoms with Crippen LogP contribution in [-0.2, 0) is 28.9 Å². The van der Waals surface area contributed by atoms with Crippen molar-refractivity contribution in [3.63, 3.8) is 0 Å². The number of hydrogen-bond donors (Lipinski definition) is 0. The summed E-state index contributed by atoms with van der Waals surface area (Å²) in [6.45, 7) is 1.68. The average molecular weight is 473 g/mol. The van der Waals surface area contributed by atoms with Gasteiger partial charge in [0.2, 0.25) is 0 Å². The molecule has 1 saturated heterocycles. The zero-order valence-electron chi connectivity index (χ0n) is 20.5. The lowest BCUT2D eigenvalue weighted by molar-refractivity contribution is -0.158. The highest BCUT2D eigenvalue weighted by molar-refractivity contribution is 5.76. The van der Waals surface area contributed by atoms with Gasteiger partial charge in [-0.2, -0.15) is 0 Å². The number of nitrogens with zero attached hydrogens (tertiary/aromatic N) is 4. The molecular weight excluding hydrogens is 436 g/mol. The summed E-state index contributed by atoms with van der Waals surface area (Å²) in [5.74, 6) is -0.0634. The van der Waals surface area contributed by atoms with Crippen molar-refractivity contribution >= 4 is 5.97 Å². The van der Waals surface area contributed by atoms with Crippen LogP contribution >= 0.6 is 0 Å². The fourth-order valence-electron chi connectivity index (χ4n) is 4.83. The van der Waals surface area contributed by atoms with Gasteiger partial charge in [0.25, 0.3) is 0 Å². The highest BCUT2D eigenvalue weighted by atomic mass is 16.5. The van der Waals surface area contributed by atoms with Crippen LogP contribution in [0.25, 0.3) is 0 Å². The van der Waals surface area contributed by atoms with E-state index in [0.717, 1.165) is 70.9 Å². The molecule has 4 heterocycles. The van der Waals surface area contributed by atoms with Gasteiger partial charge < -0.3 is 4.74 Å². The molecule has 3 aromatic rings. The molecule has 6 heteroatoms. The lowest BCUT2D eigenvalue weighted by Gasteiger charge is -2.35. The summed E-state index contributed by atoms with van der Waals surface area (Å²) < 4.78 is 6.21. The van der Waals surface area contributed by atoms with Crippen LogP contribution in [0.3, 0.4) is 0 Å². The zero-order valence-corrected chi connectivity index (χ0v) is 20.5. The van der Waals surface area contributed by atoms with E-state index < -0.39 is 0 Å². The summed E-state index contributed by atoms with van der Waals surface area (Å²) in [7, 11) is 0. The first-order valence-electron chi connectivity index (χ1n) is 12.9. The monoisotopic (exact) mass is 472 g/mol.